The van der Waals surface area contributed by atoms with Gasteiger partial charge in [-0.1, -0.05) is 79.2 Å². The third-order valence-electron chi connectivity index (χ3n) is 4.97. The topological polar surface area (TPSA) is 58.4 Å². The summed E-state index contributed by atoms with van der Waals surface area (Å²) in [5.41, 5.74) is 3.61. The van der Waals surface area contributed by atoms with E-state index in [0.717, 1.165) is 18.7 Å². The monoisotopic (exact) mass is 377 g/mol. The largest absolute Gasteiger partial charge is 0.355 e. The molecule has 3 aromatic rings. The van der Waals surface area contributed by atoms with E-state index in [1.165, 1.54) is 11.1 Å². The van der Waals surface area contributed by atoms with Gasteiger partial charge in [0.15, 0.2) is 11.5 Å². The van der Waals surface area contributed by atoms with Gasteiger partial charge < -0.3 is 9.84 Å². The van der Waals surface area contributed by atoms with Crippen LogP contribution in [0.15, 0.2) is 65.2 Å². The van der Waals surface area contributed by atoms with Crippen molar-refractivity contribution >= 4 is 5.91 Å². The zero-order valence-electron chi connectivity index (χ0n) is 16.7. The van der Waals surface area contributed by atoms with Crippen molar-refractivity contribution in [1.82, 2.24) is 15.4 Å². The number of amides is 1. The molecule has 0 aliphatic heterocycles. The molecule has 0 fully saturated rings. The van der Waals surface area contributed by atoms with Gasteiger partial charge in [-0.15, -0.1) is 0 Å². The number of nitrogens with zero attached hydrogens (tertiary/aromatic N) is 2. The van der Waals surface area contributed by atoms with Crippen LogP contribution in [0.4, 0.5) is 0 Å². The van der Waals surface area contributed by atoms with Crippen molar-refractivity contribution in [3.8, 4) is 11.3 Å². The third-order valence-corrected chi connectivity index (χ3v) is 4.97. The molecule has 0 bridgehead atoms. The second kappa shape index (κ2) is 9.33. The van der Waals surface area contributed by atoms with Gasteiger partial charge in [0.1, 0.15) is 0 Å². The number of hydrogen-bond donors (Lipinski definition) is 1. The Kier molecular flexibility index (Phi) is 6.61. The first-order valence-electron chi connectivity index (χ1n) is 9.73. The smallest absolute Gasteiger partial charge is 0.273 e. The van der Waals surface area contributed by atoms with Gasteiger partial charge in [-0.3, -0.25) is 9.69 Å². The molecule has 28 heavy (non-hydrogen) atoms. The van der Waals surface area contributed by atoms with Crippen LogP contribution in [-0.4, -0.2) is 35.6 Å². The molecule has 0 saturated heterocycles. The van der Waals surface area contributed by atoms with Crippen molar-refractivity contribution in [2.75, 3.05) is 19.6 Å². The van der Waals surface area contributed by atoms with Crippen molar-refractivity contribution in [2.45, 2.75) is 26.8 Å². The average Bonchev–Trinajstić information content (AvgIpc) is 3.23. The summed E-state index contributed by atoms with van der Waals surface area (Å²) in [6, 6.07) is 19.9. The fourth-order valence-corrected chi connectivity index (χ4v) is 3.31. The molecule has 0 aliphatic carbocycles. The lowest BCUT2D eigenvalue weighted by molar-refractivity contribution is 0.0926. The highest BCUT2D eigenvalue weighted by Crippen LogP contribution is 2.22. The van der Waals surface area contributed by atoms with E-state index in [1.54, 1.807) is 6.07 Å². The summed E-state index contributed by atoms with van der Waals surface area (Å²) in [6.07, 6.45) is 0. The first-order chi connectivity index (χ1) is 13.6. The summed E-state index contributed by atoms with van der Waals surface area (Å²) in [7, 11) is 0. The highest BCUT2D eigenvalue weighted by molar-refractivity contribution is 5.93. The second-order valence-electron chi connectivity index (χ2n) is 6.80. The van der Waals surface area contributed by atoms with Crippen LogP contribution in [0, 0.1) is 6.92 Å². The van der Waals surface area contributed by atoms with Crippen LogP contribution in [0.25, 0.3) is 11.3 Å². The minimum Gasteiger partial charge on any atom is -0.355 e. The first-order valence-corrected chi connectivity index (χ1v) is 9.73. The Labute approximate surface area is 166 Å². The lowest BCUT2D eigenvalue weighted by Gasteiger charge is -2.30. The van der Waals surface area contributed by atoms with Crippen molar-refractivity contribution < 1.29 is 9.32 Å². The van der Waals surface area contributed by atoms with E-state index in [2.05, 4.69) is 60.4 Å². The lowest BCUT2D eigenvalue weighted by Crippen LogP contribution is -2.38. The predicted octanol–water partition coefficient (Wildman–Crippen LogP) is 4.46. The predicted molar refractivity (Wildman–Crippen MR) is 111 cm³/mol. The van der Waals surface area contributed by atoms with E-state index in [9.17, 15) is 4.79 Å². The molecule has 1 heterocycles. The quantitative estimate of drug-likeness (QED) is 0.629. The Balaban J connectivity index is 1.71. The van der Waals surface area contributed by atoms with Crippen LogP contribution in [0.1, 0.15) is 41.5 Å². The molecule has 0 unspecified atom stereocenters. The number of carbonyl (C=O) groups excluding carboxylic acids is 1. The third kappa shape index (κ3) is 4.67. The molecule has 1 atom stereocenters. The minimum absolute atomic E-state index is 0.111. The zero-order chi connectivity index (χ0) is 19.9. The van der Waals surface area contributed by atoms with Crippen molar-refractivity contribution in [2.24, 2.45) is 0 Å². The number of aromatic nitrogens is 1. The van der Waals surface area contributed by atoms with Crippen LogP contribution < -0.4 is 5.32 Å². The van der Waals surface area contributed by atoms with Gasteiger partial charge in [-0.2, -0.15) is 0 Å². The SMILES string of the molecule is CCN(CC)[C@H](CNC(=O)c1cc(-c2ccccc2)on1)c1ccc(C)cc1. The van der Waals surface area contributed by atoms with Gasteiger partial charge in [-0.25, -0.2) is 0 Å². The van der Waals surface area contributed by atoms with E-state index in [1.807, 2.05) is 30.3 Å². The molecule has 5 nitrogen and oxygen atoms in total. The first kappa shape index (κ1) is 19.8. The summed E-state index contributed by atoms with van der Waals surface area (Å²) in [5, 5.41) is 6.96. The second-order valence-corrected chi connectivity index (χ2v) is 6.80. The van der Waals surface area contributed by atoms with E-state index in [4.69, 9.17) is 4.52 Å². The van der Waals surface area contributed by atoms with Crippen LogP contribution in [0.5, 0.6) is 0 Å². The van der Waals surface area contributed by atoms with Gasteiger partial charge in [0.25, 0.3) is 5.91 Å². The number of aryl methyl sites for hydroxylation is 1. The molecule has 1 amide bonds. The highest BCUT2D eigenvalue weighted by Gasteiger charge is 2.20. The number of nitrogens with one attached hydrogen (secondary N) is 1. The van der Waals surface area contributed by atoms with Gasteiger partial charge in [0, 0.05) is 18.2 Å². The fourth-order valence-electron chi connectivity index (χ4n) is 3.31. The molecule has 0 radical (unpaired) electrons. The normalized spacial score (nSPS) is 12.1. The molecule has 0 spiro atoms. The van der Waals surface area contributed by atoms with Crippen molar-refractivity contribution in [3.05, 3.63) is 77.5 Å². The molecule has 1 aromatic heterocycles. The average molecular weight is 377 g/mol. The molecule has 3 rings (SSSR count). The minimum atomic E-state index is -0.227. The van der Waals surface area contributed by atoms with Gasteiger partial charge >= 0.3 is 0 Å². The van der Waals surface area contributed by atoms with Crippen LogP contribution >= 0.6 is 0 Å². The number of likely N-dealkylation sites (N-methyl/N-ethyl adjacent to an activating group) is 1. The van der Waals surface area contributed by atoms with E-state index in [-0.39, 0.29) is 11.9 Å². The lowest BCUT2D eigenvalue weighted by atomic mass is 10.0. The molecule has 146 valence electrons. The standard InChI is InChI=1S/C23H27N3O2/c1-4-26(5-2)21(18-13-11-17(3)12-14-18)16-24-23(27)20-15-22(28-25-20)19-9-7-6-8-10-19/h6-15,21H,4-5,16H2,1-3H3,(H,24,27)/t21-/m1/s1. The maximum absolute atomic E-state index is 12.6. The van der Waals surface area contributed by atoms with Gasteiger partial charge in [0.2, 0.25) is 0 Å². The van der Waals surface area contributed by atoms with E-state index < -0.39 is 0 Å². The summed E-state index contributed by atoms with van der Waals surface area (Å²) < 4.78 is 5.35. The Morgan fingerprint density at radius 3 is 2.39 bits per heavy atom. The summed E-state index contributed by atoms with van der Waals surface area (Å²) >= 11 is 0. The van der Waals surface area contributed by atoms with Gasteiger partial charge in [0.05, 0.1) is 6.04 Å². The number of carbonyl (C=O) groups is 1. The highest BCUT2D eigenvalue weighted by atomic mass is 16.5. The molecule has 0 saturated carbocycles. The number of hydrogen-bond acceptors (Lipinski definition) is 4. The number of benzene rings is 2. The maximum Gasteiger partial charge on any atom is 0.273 e. The Morgan fingerprint density at radius 1 is 1.07 bits per heavy atom. The van der Waals surface area contributed by atoms with Crippen LogP contribution in [0.3, 0.4) is 0 Å². The van der Waals surface area contributed by atoms with E-state index in [0.29, 0.717) is 18.0 Å². The Hall–Kier alpha value is -2.92. The van der Waals surface area contributed by atoms with Crippen LogP contribution in [-0.2, 0) is 0 Å². The van der Waals surface area contributed by atoms with E-state index >= 15 is 0 Å². The molecule has 5 heteroatoms. The van der Waals surface area contributed by atoms with Crippen molar-refractivity contribution in [1.29, 1.82) is 0 Å². The zero-order valence-corrected chi connectivity index (χ0v) is 16.7. The Bertz CT molecular complexity index is 884. The molecule has 1 N–H and O–H groups in total. The summed E-state index contributed by atoms with van der Waals surface area (Å²) in [4.78, 5) is 15.0. The van der Waals surface area contributed by atoms with Crippen LogP contribution in [0.2, 0.25) is 0 Å². The summed E-state index contributed by atoms with van der Waals surface area (Å²) in [5.74, 6) is 0.361. The van der Waals surface area contributed by atoms with Crippen molar-refractivity contribution in [3.63, 3.8) is 0 Å². The fraction of sp³-hybridized carbons (Fsp3) is 0.304. The molecular formula is C23H27N3O2. The maximum atomic E-state index is 12.6. The molecular weight excluding hydrogens is 350 g/mol. The molecule has 0 aliphatic rings. The summed E-state index contributed by atoms with van der Waals surface area (Å²) in [6.45, 7) is 8.68. The molecule has 2 aromatic carbocycles. The number of rotatable bonds is 8. The Morgan fingerprint density at radius 2 is 1.75 bits per heavy atom. The van der Waals surface area contributed by atoms with Gasteiger partial charge in [-0.05, 0) is 25.6 Å².